The second-order valence-corrected chi connectivity index (χ2v) is 15.4. The Hall–Kier alpha value is -6.74. The molecular weight excluding hydrogens is 673 g/mol. The van der Waals surface area contributed by atoms with Crippen molar-refractivity contribution < 1.29 is 4.42 Å². The van der Waals surface area contributed by atoms with Gasteiger partial charge >= 0.3 is 0 Å². The fraction of sp³-hybridized carbons (Fsp3) is 0. The summed E-state index contributed by atoms with van der Waals surface area (Å²) in [6, 6.07) is 66.6. The molecule has 0 N–H and O–H groups in total. The molecule has 1 nitrogen and oxygen atoms in total. The number of hydrogen-bond donors (Lipinski definition) is 0. The molecule has 2 heteroatoms. The van der Waals surface area contributed by atoms with Gasteiger partial charge in [-0.2, -0.15) is 0 Å². The highest BCUT2D eigenvalue weighted by atomic mass is 32.1. The van der Waals surface area contributed by atoms with E-state index in [1.165, 1.54) is 102 Å². The van der Waals surface area contributed by atoms with E-state index in [4.69, 9.17) is 4.42 Å². The normalized spacial score (nSPS) is 12.1. The van der Waals surface area contributed by atoms with Crippen LogP contribution >= 0.6 is 11.3 Å². The van der Waals surface area contributed by atoms with Crippen LogP contribution in [-0.2, 0) is 0 Å². The first kappa shape index (κ1) is 29.8. The zero-order chi connectivity index (χ0) is 35.3. The number of hydrogen-bond acceptors (Lipinski definition) is 2. The summed E-state index contributed by atoms with van der Waals surface area (Å²) in [5, 5.41) is 15.0. The number of furan rings is 1. The fourth-order valence-electron chi connectivity index (χ4n) is 9.02. The molecule has 0 spiro atoms. The van der Waals surface area contributed by atoms with Crippen LogP contribution in [0.1, 0.15) is 0 Å². The van der Waals surface area contributed by atoms with Gasteiger partial charge in [-0.25, -0.2) is 0 Å². The Labute approximate surface area is 314 Å². The number of thiophene rings is 1. The molecule has 0 radical (unpaired) electrons. The number of rotatable bonds is 3. The van der Waals surface area contributed by atoms with Crippen molar-refractivity contribution in [2.45, 2.75) is 0 Å². The Morgan fingerprint density at radius 1 is 0.333 bits per heavy atom. The molecule has 10 aromatic carbocycles. The van der Waals surface area contributed by atoms with Crippen LogP contribution < -0.4 is 0 Å². The standard InChI is InChI=1S/C52H30OS/c1-2-12-31(13-3-1)47-37-14-4-6-16-39(37)48(40-17-7-5-15-38(40)47)36-25-24-32-28-33(22-23-34(32)29-36)35-26-27-46-44(30-35)49-41-18-8-9-19-42(41)51-50(52(49)54-46)43-20-10-11-21-45(43)53-51/h1-30H. The second-order valence-electron chi connectivity index (χ2n) is 14.3. The first-order valence-corrected chi connectivity index (χ1v) is 19.3. The van der Waals surface area contributed by atoms with Gasteiger partial charge in [-0.3, -0.25) is 0 Å². The van der Waals surface area contributed by atoms with Gasteiger partial charge in [0.05, 0.1) is 0 Å². The highest BCUT2D eigenvalue weighted by Crippen LogP contribution is 2.48. The Morgan fingerprint density at radius 3 is 1.56 bits per heavy atom. The molecule has 0 aliphatic carbocycles. The van der Waals surface area contributed by atoms with Crippen molar-refractivity contribution >= 4 is 96.5 Å². The predicted molar refractivity (Wildman–Crippen MR) is 233 cm³/mol. The molecule has 0 saturated carbocycles. The van der Waals surface area contributed by atoms with E-state index in [1.54, 1.807) is 0 Å². The fourth-order valence-corrected chi connectivity index (χ4v) is 10.3. The van der Waals surface area contributed by atoms with Crippen molar-refractivity contribution in [3.05, 3.63) is 182 Å². The summed E-state index contributed by atoms with van der Waals surface area (Å²) in [6.45, 7) is 0. The van der Waals surface area contributed by atoms with Crippen molar-refractivity contribution in [1.82, 2.24) is 0 Å². The smallest absolute Gasteiger partial charge is 0.144 e. The quantitative estimate of drug-likeness (QED) is 0.167. The minimum absolute atomic E-state index is 0.938. The van der Waals surface area contributed by atoms with E-state index in [-0.39, 0.29) is 0 Å². The van der Waals surface area contributed by atoms with Crippen LogP contribution in [0.3, 0.4) is 0 Å². The van der Waals surface area contributed by atoms with Crippen LogP contribution in [0.2, 0.25) is 0 Å². The van der Waals surface area contributed by atoms with Gasteiger partial charge in [-0.1, -0.05) is 152 Å². The van der Waals surface area contributed by atoms with E-state index in [9.17, 15) is 0 Å². The Morgan fingerprint density at radius 2 is 0.852 bits per heavy atom. The van der Waals surface area contributed by atoms with Crippen LogP contribution in [0, 0.1) is 0 Å². The van der Waals surface area contributed by atoms with Crippen molar-refractivity contribution in [2.24, 2.45) is 0 Å². The Bertz CT molecular complexity index is 3440. The zero-order valence-corrected chi connectivity index (χ0v) is 30.0. The third-order valence-corrected chi connectivity index (χ3v) is 12.6. The highest BCUT2D eigenvalue weighted by Gasteiger charge is 2.20. The van der Waals surface area contributed by atoms with Crippen LogP contribution in [0.25, 0.3) is 119 Å². The lowest BCUT2D eigenvalue weighted by atomic mass is 9.85. The lowest BCUT2D eigenvalue weighted by Gasteiger charge is -2.18. The topological polar surface area (TPSA) is 13.1 Å². The second kappa shape index (κ2) is 11.4. The number of fused-ring (bicyclic) bond motifs is 13. The average molecular weight is 703 g/mol. The van der Waals surface area contributed by atoms with Crippen LogP contribution in [-0.4, -0.2) is 0 Å². The third kappa shape index (κ3) is 4.26. The first-order valence-electron chi connectivity index (χ1n) is 18.5. The maximum absolute atomic E-state index is 6.51. The van der Waals surface area contributed by atoms with Crippen molar-refractivity contribution in [2.75, 3.05) is 0 Å². The molecule has 54 heavy (non-hydrogen) atoms. The van der Waals surface area contributed by atoms with Crippen LogP contribution in [0.4, 0.5) is 0 Å². The predicted octanol–water partition coefficient (Wildman–Crippen LogP) is 15.6. The summed E-state index contributed by atoms with van der Waals surface area (Å²) in [5.41, 5.74) is 9.42. The molecule has 0 aliphatic heterocycles. The van der Waals surface area contributed by atoms with Gasteiger partial charge in [0.1, 0.15) is 11.2 Å². The van der Waals surface area contributed by atoms with E-state index in [2.05, 4.69) is 182 Å². The molecular formula is C52H30OS. The van der Waals surface area contributed by atoms with Crippen molar-refractivity contribution in [1.29, 1.82) is 0 Å². The van der Waals surface area contributed by atoms with Gasteiger partial charge < -0.3 is 4.42 Å². The summed E-state index contributed by atoms with van der Waals surface area (Å²) in [7, 11) is 0. The molecule has 250 valence electrons. The molecule has 0 unspecified atom stereocenters. The Kier molecular flexibility index (Phi) is 6.28. The first-order chi connectivity index (χ1) is 26.8. The highest BCUT2D eigenvalue weighted by molar-refractivity contribution is 7.27. The lowest BCUT2D eigenvalue weighted by Crippen LogP contribution is -1.90. The minimum Gasteiger partial charge on any atom is -0.455 e. The SMILES string of the molecule is c1ccc(-c2c3ccccc3c(-c3ccc4cc(-c5ccc6sc7c(c6c5)c5ccccc5c5oc6ccccc6c57)ccc4c3)c3ccccc23)cc1. The maximum Gasteiger partial charge on any atom is 0.144 e. The lowest BCUT2D eigenvalue weighted by molar-refractivity contribution is 0.673. The van der Waals surface area contributed by atoms with E-state index in [1.807, 2.05) is 11.3 Å². The third-order valence-electron chi connectivity index (χ3n) is 11.4. The summed E-state index contributed by atoms with van der Waals surface area (Å²) < 4.78 is 9.10. The minimum atomic E-state index is 0.938. The van der Waals surface area contributed by atoms with Gasteiger partial charge in [0, 0.05) is 36.3 Å². The average Bonchev–Trinajstić information content (AvgIpc) is 3.82. The largest absolute Gasteiger partial charge is 0.455 e. The molecule has 12 rings (SSSR count). The molecule has 0 aliphatic rings. The van der Waals surface area contributed by atoms with Gasteiger partial charge in [-0.05, 0) is 101 Å². The van der Waals surface area contributed by atoms with Crippen molar-refractivity contribution in [3.8, 4) is 33.4 Å². The molecule has 0 amide bonds. The van der Waals surface area contributed by atoms with E-state index in [0.29, 0.717) is 0 Å². The Balaban J connectivity index is 1.03. The summed E-state index contributed by atoms with van der Waals surface area (Å²) >= 11 is 1.87. The zero-order valence-electron chi connectivity index (χ0n) is 29.1. The van der Waals surface area contributed by atoms with Crippen LogP contribution in [0.15, 0.2) is 186 Å². The van der Waals surface area contributed by atoms with Crippen LogP contribution in [0.5, 0.6) is 0 Å². The molecule has 2 aromatic heterocycles. The maximum atomic E-state index is 6.51. The van der Waals surface area contributed by atoms with Crippen molar-refractivity contribution in [3.63, 3.8) is 0 Å². The van der Waals surface area contributed by atoms with Gasteiger partial charge in [0.15, 0.2) is 0 Å². The summed E-state index contributed by atoms with van der Waals surface area (Å²) in [5.74, 6) is 0. The van der Waals surface area contributed by atoms with E-state index >= 15 is 0 Å². The van der Waals surface area contributed by atoms with Gasteiger partial charge in [0.2, 0.25) is 0 Å². The van der Waals surface area contributed by atoms with Gasteiger partial charge in [-0.15, -0.1) is 11.3 Å². The molecule has 0 atom stereocenters. The monoisotopic (exact) mass is 702 g/mol. The van der Waals surface area contributed by atoms with Gasteiger partial charge in [0.25, 0.3) is 0 Å². The molecule has 12 aromatic rings. The summed E-state index contributed by atoms with van der Waals surface area (Å²) in [6.07, 6.45) is 0. The molecule has 0 fully saturated rings. The number of para-hydroxylation sites is 1. The molecule has 2 heterocycles. The molecule has 0 saturated heterocycles. The van der Waals surface area contributed by atoms with E-state index in [0.717, 1.165) is 16.6 Å². The molecule has 0 bridgehead atoms. The number of benzene rings is 10. The van der Waals surface area contributed by atoms with E-state index < -0.39 is 0 Å². The summed E-state index contributed by atoms with van der Waals surface area (Å²) in [4.78, 5) is 0.